The Kier molecular flexibility index (Phi) is 5.66. The lowest BCUT2D eigenvalue weighted by molar-refractivity contribution is -0.135. The summed E-state index contributed by atoms with van der Waals surface area (Å²) in [7, 11) is 1.56. The number of carbonyl (C=O) groups is 3. The van der Waals surface area contributed by atoms with Crippen molar-refractivity contribution in [2.24, 2.45) is 0 Å². The van der Waals surface area contributed by atoms with Crippen LogP contribution in [0.1, 0.15) is 39.2 Å². The predicted molar refractivity (Wildman–Crippen MR) is 93.1 cm³/mol. The number of ether oxygens (including phenoxy) is 1. The van der Waals surface area contributed by atoms with Crippen molar-refractivity contribution >= 4 is 17.8 Å². The van der Waals surface area contributed by atoms with Gasteiger partial charge in [-0.2, -0.15) is 0 Å². The molecular formula is C18H25N3O4. The van der Waals surface area contributed by atoms with Gasteiger partial charge >= 0.3 is 6.03 Å². The Morgan fingerprint density at radius 2 is 1.92 bits per heavy atom. The first-order valence-electron chi connectivity index (χ1n) is 8.46. The summed E-state index contributed by atoms with van der Waals surface area (Å²) in [5.41, 5.74) is -0.487. The maximum atomic E-state index is 12.9. The van der Waals surface area contributed by atoms with Gasteiger partial charge < -0.3 is 15.4 Å². The van der Waals surface area contributed by atoms with Gasteiger partial charge in [-0.05, 0) is 37.5 Å². The van der Waals surface area contributed by atoms with E-state index >= 15 is 0 Å². The minimum Gasteiger partial charge on any atom is -0.497 e. The number of hydrogen-bond donors (Lipinski definition) is 2. The first-order chi connectivity index (χ1) is 11.9. The number of rotatable bonds is 7. The van der Waals surface area contributed by atoms with Crippen LogP contribution < -0.4 is 15.4 Å². The summed E-state index contributed by atoms with van der Waals surface area (Å²) in [5, 5.41) is 5.53. The minimum atomic E-state index is -1.15. The van der Waals surface area contributed by atoms with E-state index in [0.29, 0.717) is 17.7 Å². The number of hydrogen-bond acceptors (Lipinski definition) is 4. The summed E-state index contributed by atoms with van der Waals surface area (Å²) in [6, 6.07) is 6.43. The zero-order valence-electron chi connectivity index (χ0n) is 15.1. The van der Waals surface area contributed by atoms with Crippen molar-refractivity contribution in [2.75, 3.05) is 13.7 Å². The fourth-order valence-corrected chi connectivity index (χ4v) is 2.85. The largest absolute Gasteiger partial charge is 0.497 e. The Morgan fingerprint density at radius 1 is 1.28 bits per heavy atom. The zero-order valence-corrected chi connectivity index (χ0v) is 15.1. The number of benzene rings is 1. The molecule has 0 bridgehead atoms. The normalized spacial score (nSPS) is 21.0. The van der Waals surface area contributed by atoms with E-state index in [1.165, 1.54) is 0 Å². The third kappa shape index (κ3) is 3.60. The highest BCUT2D eigenvalue weighted by Crippen LogP contribution is 2.33. The van der Waals surface area contributed by atoms with E-state index in [1.807, 2.05) is 20.8 Å². The van der Waals surface area contributed by atoms with Crippen molar-refractivity contribution in [1.82, 2.24) is 15.5 Å². The van der Waals surface area contributed by atoms with Gasteiger partial charge in [-0.15, -0.1) is 0 Å². The Balaban J connectivity index is 2.23. The van der Waals surface area contributed by atoms with Crippen molar-refractivity contribution in [1.29, 1.82) is 0 Å². The van der Waals surface area contributed by atoms with Gasteiger partial charge in [0.2, 0.25) is 5.91 Å². The molecule has 2 atom stereocenters. The standard InChI is InChI=1S/C18H25N3O4/c1-5-12(3)19-15(22)11-21-16(23)18(6-2,20-17(21)24)13-7-9-14(25-4)10-8-13/h7-10,12H,5-6,11H2,1-4H3,(H,19,22)(H,20,24)/t12-,18-/m0/s1. The lowest BCUT2D eigenvalue weighted by atomic mass is 9.87. The molecule has 1 aliphatic rings. The van der Waals surface area contributed by atoms with E-state index in [1.54, 1.807) is 31.4 Å². The first kappa shape index (κ1) is 18.8. The smallest absolute Gasteiger partial charge is 0.325 e. The van der Waals surface area contributed by atoms with Crippen LogP contribution in [0, 0.1) is 0 Å². The molecule has 1 heterocycles. The van der Waals surface area contributed by atoms with Crippen LogP contribution >= 0.6 is 0 Å². The number of amides is 4. The molecule has 0 unspecified atom stereocenters. The van der Waals surface area contributed by atoms with E-state index in [0.717, 1.165) is 11.3 Å². The summed E-state index contributed by atoms with van der Waals surface area (Å²) in [6.07, 6.45) is 1.16. The van der Waals surface area contributed by atoms with Crippen LogP contribution in [-0.4, -0.2) is 42.4 Å². The summed E-state index contributed by atoms with van der Waals surface area (Å²) in [6.45, 7) is 5.36. The van der Waals surface area contributed by atoms with Gasteiger partial charge in [0.1, 0.15) is 17.8 Å². The van der Waals surface area contributed by atoms with Crippen molar-refractivity contribution in [3.63, 3.8) is 0 Å². The Morgan fingerprint density at radius 3 is 2.44 bits per heavy atom. The lowest BCUT2D eigenvalue weighted by Crippen LogP contribution is -2.45. The number of imide groups is 1. The monoisotopic (exact) mass is 347 g/mol. The molecule has 0 spiro atoms. The number of methoxy groups -OCH3 is 1. The maximum Gasteiger partial charge on any atom is 0.325 e. The third-order valence-corrected chi connectivity index (χ3v) is 4.61. The molecule has 2 rings (SSSR count). The van der Waals surface area contributed by atoms with Crippen molar-refractivity contribution in [2.45, 2.75) is 45.2 Å². The Labute approximate surface area is 147 Å². The van der Waals surface area contributed by atoms with Gasteiger partial charge in [0.15, 0.2) is 0 Å². The van der Waals surface area contributed by atoms with E-state index in [-0.39, 0.29) is 18.5 Å². The van der Waals surface area contributed by atoms with Crippen LogP contribution in [0.2, 0.25) is 0 Å². The highest BCUT2D eigenvalue weighted by molar-refractivity contribution is 6.09. The van der Waals surface area contributed by atoms with Crippen molar-refractivity contribution in [3.8, 4) is 5.75 Å². The van der Waals surface area contributed by atoms with Gasteiger partial charge in [0, 0.05) is 6.04 Å². The highest BCUT2D eigenvalue weighted by Gasteiger charge is 2.51. The molecule has 136 valence electrons. The lowest BCUT2D eigenvalue weighted by Gasteiger charge is -2.26. The average Bonchev–Trinajstić information content (AvgIpc) is 2.86. The molecule has 25 heavy (non-hydrogen) atoms. The molecule has 0 aliphatic carbocycles. The van der Waals surface area contributed by atoms with Gasteiger partial charge in [-0.3, -0.25) is 14.5 Å². The van der Waals surface area contributed by atoms with Crippen molar-refractivity contribution in [3.05, 3.63) is 29.8 Å². The number of urea groups is 1. The zero-order chi connectivity index (χ0) is 18.6. The fraction of sp³-hybridized carbons (Fsp3) is 0.500. The molecule has 4 amide bonds. The van der Waals surface area contributed by atoms with E-state index < -0.39 is 17.5 Å². The van der Waals surface area contributed by atoms with Gasteiger partial charge in [0.25, 0.3) is 5.91 Å². The SMILES string of the molecule is CC[C@H](C)NC(=O)CN1C(=O)N[C@@](CC)(c2ccc(OC)cc2)C1=O. The molecule has 7 nitrogen and oxygen atoms in total. The van der Waals surface area contributed by atoms with Crippen LogP contribution in [0.4, 0.5) is 4.79 Å². The molecule has 0 aromatic heterocycles. The minimum absolute atomic E-state index is 0.00853. The topological polar surface area (TPSA) is 87.7 Å². The molecule has 1 fully saturated rings. The predicted octanol–water partition coefficient (Wildman–Crippen LogP) is 1.77. The second kappa shape index (κ2) is 7.55. The number of nitrogens with one attached hydrogen (secondary N) is 2. The summed E-state index contributed by atoms with van der Waals surface area (Å²) in [4.78, 5) is 38.3. The molecule has 7 heteroatoms. The maximum absolute atomic E-state index is 12.9. The van der Waals surface area contributed by atoms with E-state index in [9.17, 15) is 14.4 Å². The van der Waals surface area contributed by atoms with E-state index in [4.69, 9.17) is 4.74 Å². The van der Waals surface area contributed by atoms with E-state index in [2.05, 4.69) is 10.6 Å². The average molecular weight is 347 g/mol. The molecule has 1 saturated heterocycles. The molecule has 1 aromatic carbocycles. The third-order valence-electron chi connectivity index (χ3n) is 4.61. The van der Waals surface area contributed by atoms with Gasteiger partial charge in [-0.25, -0.2) is 4.79 Å². The molecule has 1 aliphatic heterocycles. The summed E-state index contributed by atoms with van der Waals surface area (Å²) < 4.78 is 5.13. The Hall–Kier alpha value is -2.57. The highest BCUT2D eigenvalue weighted by atomic mass is 16.5. The summed E-state index contributed by atoms with van der Waals surface area (Å²) >= 11 is 0. The van der Waals surface area contributed by atoms with Crippen LogP contribution in [-0.2, 0) is 15.1 Å². The van der Waals surface area contributed by atoms with Crippen LogP contribution in [0.25, 0.3) is 0 Å². The number of nitrogens with zero attached hydrogens (tertiary/aromatic N) is 1. The second-order valence-corrected chi connectivity index (χ2v) is 6.19. The van der Waals surface area contributed by atoms with Gasteiger partial charge in [-0.1, -0.05) is 26.0 Å². The summed E-state index contributed by atoms with van der Waals surface area (Å²) in [5.74, 6) is -0.0967. The fourth-order valence-electron chi connectivity index (χ4n) is 2.85. The van der Waals surface area contributed by atoms with Crippen LogP contribution in [0.15, 0.2) is 24.3 Å². The van der Waals surface area contributed by atoms with Gasteiger partial charge in [0.05, 0.1) is 7.11 Å². The number of carbonyl (C=O) groups excluding carboxylic acids is 3. The second-order valence-electron chi connectivity index (χ2n) is 6.19. The molecule has 1 aromatic rings. The molecule has 2 N–H and O–H groups in total. The quantitative estimate of drug-likeness (QED) is 0.736. The molecule has 0 saturated carbocycles. The van der Waals surface area contributed by atoms with Crippen molar-refractivity contribution < 1.29 is 19.1 Å². The Bertz CT molecular complexity index is 659. The first-order valence-corrected chi connectivity index (χ1v) is 8.46. The van der Waals surface area contributed by atoms with Crippen LogP contribution in [0.5, 0.6) is 5.75 Å². The van der Waals surface area contributed by atoms with Crippen LogP contribution in [0.3, 0.4) is 0 Å². The molecule has 0 radical (unpaired) electrons. The molecular weight excluding hydrogens is 322 g/mol.